The summed E-state index contributed by atoms with van der Waals surface area (Å²) in [5.74, 6) is 0.277. The van der Waals surface area contributed by atoms with Crippen molar-refractivity contribution in [2.75, 3.05) is 7.11 Å². The molecule has 172 valence electrons. The van der Waals surface area contributed by atoms with Gasteiger partial charge in [0.1, 0.15) is 11.6 Å². The molecule has 0 aromatic heterocycles. The number of aliphatic imine (C=N–C) groups is 2. The molecule has 2 aliphatic heterocycles. The first kappa shape index (κ1) is 22.1. The fraction of sp³-hybridized carbons (Fsp3) is 0.125. The molecule has 0 saturated carbocycles. The van der Waals surface area contributed by atoms with Gasteiger partial charge in [0.25, 0.3) is 0 Å². The zero-order valence-electron chi connectivity index (χ0n) is 17.6. The molecular formula is C24H16BrF3N4O2. The van der Waals surface area contributed by atoms with E-state index in [1.807, 2.05) is 0 Å². The number of benzene rings is 3. The molecule has 0 saturated heterocycles. The van der Waals surface area contributed by atoms with E-state index in [1.165, 1.54) is 31.4 Å². The summed E-state index contributed by atoms with van der Waals surface area (Å²) in [6, 6.07) is 17.8. The molecule has 0 aliphatic carbocycles. The number of urea groups is 1. The SMILES string of the molecule is COc1ccc(C2(C(F)(F)F)NC(=O)N=C3c4ccccc4C(=Nc4ccc(Br)cc4)N32)cc1. The number of hydrogen-bond donors (Lipinski definition) is 1. The van der Waals surface area contributed by atoms with Crippen molar-refractivity contribution in [1.82, 2.24) is 10.2 Å². The summed E-state index contributed by atoms with van der Waals surface area (Å²) < 4.78 is 51.1. The van der Waals surface area contributed by atoms with E-state index in [1.54, 1.807) is 48.5 Å². The standard InChI is InChI=1S/C24H16BrF3N4O2/c1-34-17-12-6-14(7-13-17)23(24(26,27)28)31-22(33)30-21-19-5-3-2-4-18(19)20(32(21)23)29-16-10-8-15(25)9-11-16/h2-13H,1H3,(H,31,33). The lowest BCUT2D eigenvalue weighted by Gasteiger charge is -2.46. The minimum absolute atomic E-state index is 0.0183. The Morgan fingerprint density at radius 1 is 1.00 bits per heavy atom. The van der Waals surface area contributed by atoms with E-state index in [-0.39, 0.29) is 17.2 Å². The van der Waals surface area contributed by atoms with Gasteiger partial charge in [0.15, 0.2) is 5.84 Å². The molecule has 1 unspecified atom stereocenters. The molecule has 2 heterocycles. The van der Waals surface area contributed by atoms with E-state index < -0.39 is 17.9 Å². The number of nitrogens with zero attached hydrogens (tertiary/aromatic N) is 3. The Hall–Kier alpha value is -3.66. The summed E-state index contributed by atoms with van der Waals surface area (Å²) in [5.41, 5.74) is -1.89. The molecule has 0 fully saturated rings. The highest BCUT2D eigenvalue weighted by Crippen LogP contribution is 2.48. The number of alkyl halides is 3. The highest BCUT2D eigenvalue weighted by molar-refractivity contribution is 9.10. The number of ether oxygens (including phenoxy) is 1. The molecule has 1 atom stereocenters. The monoisotopic (exact) mass is 528 g/mol. The maximum absolute atomic E-state index is 15.1. The largest absolute Gasteiger partial charge is 0.497 e. The normalized spacial score (nSPS) is 20.5. The summed E-state index contributed by atoms with van der Waals surface area (Å²) in [7, 11) is 1.42. The first-order valence-electron chi connectivity index (χ1n) is 10.1. The minimum Gasteiger partial charge on any atom is -0.497 e. The molecular weight excluding hydrogens is 513 g/mol. The zero-order chi connectivity index (χ0) is 24.1. The van der Waals surface area contributed by atoms with Crippen LogP contribution in [0.5, 0.6) is 5.75 Å². The number of hydrogen-bond acceptors (Lipinski definition) is 3. The molecule has 6 nitrogen and oxygen atoms in total. The molecule has 2 amide bonds. The smallest absolute Gasteiger partial charge is 0.435 e. The number of amidine groups is 2. The highest BCUT2D eigenvalue weighted by Gasteiger charge is 2.66. The minimum atomic E-state index is -4.94. The van der Waals surface area contributed by atoms with Gasteiger partial charge >= 0.3 is 12.2 Å². The van der Waals surface area contributed by atoms with Crippen LogP contribution in [0, 0.1) is 0 Å². The second kappa shape index (κ2) is 7.98. The Labute approximate surface area is 200 Å². The van der Waals surface area contributed by atoms with E-state index in [0.717, 1.165) is 9.37 Å². The van der Waals surface area contributed by atoms with Crippen LogP contribution < -0.4 is 10.1 Å². The summed E-state index contributed by atoms with van der Waals surface area (Å²) in [4.78, 5) is 22.1. The van der Waals surface area contributed by atoms with Crippen molar-refractivity contribution in [3.63, 3.8) is 0 Å². The van der Waals surface area contributed by atoms with E-state index in [0.29, 0.717) is 22.6 Å². The van der Waals surface area contributed by atoms with Crippen LogP contribution in [0.1, 0.15) is 16.7 Å². The van der Waals surface area contributed by atoms with Gasteiger partial charge in [-0.15, -0.1) is 0 Å². The number of amides is 2. The average molecular weight is 529 g/mol. The number of halogens is 4. The van der Waals surface area contributed by atoms with Crippen molar-refractivity contribution in [2.24, 2.45) is 9.98 Å². The Morgan fingerprint density at radius 2 is 1.65 bits per heavy atom. The molecule has 3 aromatic rings. The number of carbonyl (C=O) groups excluding carboxylic acids is 1. The van der Waals surface area contributed by atoms with Crippen LogP contribution in [0.4, 0.5) is 23.7 Å². The lowest BCUT2D eigenvalue weighted by molar-refractivity contribution is -0.223. The average Bonchev–Trinajstić information content (AvgIpc) is 3.13. The van der Waals surface area contributed by atoms with Gasteiger partial charge in [0.05, 0.1) is 12.8 Å². The maximum atomic E-state index is 15.1. The topological polar surface area (TPSA) is 66.3 Å². The third-order valence-electron chi connectivity index (χ3n) is 5.64. The summed E-state index contributed by atoms with van der Waals surface area (Å²) >= 11 is 3.35. The van der Waals surface area contributed by atoms with Crippen molar-refractivity contribution in [1.29, 1.82) is 0 Å². The second-order valence-corrected chi connectivity index (χ2v) is 8.51. The molecule has 0 spiro atoms. The van der Waals surface area contributed by atoms with Gasteiger partial charge in [-0.25, -0.2) is 9.79 Å². The predicted octanol–water partition coefficient (Wildman–Crippen LogP) is 5.74. The van der Waals surface area contributed by atoms with Crippen LogP contribution >= 0.6 is 15.9 Å². The Balaban J connectivity index is 1.81. The fourth-order valence-corrected chi connectivity index (χ4v) is 4.38. The van der Waals surface area contributed by atoms with Crippen LogP contribution in [0.2, 0.25) is 0 Å². The maximum Gasteiger partial charge on any atom is 0.435 e. The number of nitrogens with one attached hydrogen (secondary N) is 1. The number of carbonyl (C=O) groups is 1. The summed E-state index contributed by atoms with van der Waals surface area (Å²) in [6.45, 7) is 0. The van der Waals surface area contributed by atoms with E-state index in [2.05, 4.69) is 31.2 Å². The molecule has 5 rings (SSSR count). The Bertz CT molecular complexity index is 1340. The van der Waals surface area contributed by atoms with Crippen LogP contribution in [-0.4, -0.2) is 35.9 Å². The molecule has 0 radical (unpaired) electrons. The molecule has 34 heavy (non-hydrogen) atoms. The third kappa shape index (κ3) is 3.37. The number of fused-ring (bicyclic) bond motifs is 3. The van der Waals surface area contributed by atoms with Gasteiger partial charge in [-0.2, -0.15) is 18.2 Å². The van der Waals surface area contributed by atoms with Crippen LogP contribution in [0.3, 0.4) is 0 Å². The van der Waals surface area contributed by atoms with Gasteiger partial charge in [0.2, 0.25) is 5.66 Å². The van der Waals surface area contributed by atoms with Gasteiger partial charge in [-0.3, -0.25) is 4.90 Å². The molecule has 10 heteroatoms. The fourth-order valence-electron chi connectivity index (χ4n) is 4.12. The van der Waals surface area contributed by atoms with Crippen molar-refractivity contribution >= 4 is 39.3 Å². The Kier molecular flexibility index (Phi) is 5.20. The third-order valence-corrected chi connectivity index (χ3v) is 6.17. The first-order valence-corrected chi connectivity index (χ1v) is 10.9. The first-order chi connectivity index (χ1) is 16.2. The summed E-state index contributed by atoms with van der Waals surface area (Å²) in [5, 5.41) is 2.10. The highest BCUT2D eigenvalue weighted by atomic mass is 79.9. The van der Waals surface area contributed by atoms with Crippen molar-refractivity contribution in [3.05, 3.63) is 94.0 Å². The van der Waals surface area contributed by atoms with Gasteiger partial charge in [-0.05, 0) is 36.4 Å². The quantitative estimate of drug-likeness (QED) is 0.471. The second-order valence-electron chi connectivity index (χ2n) is 7.60. The van der Waals surface area contributed by atoms with Gasteiger partial charge in [-0.1, -0.05) is 52.3 Å². The predicted molar refractivity (Wildman–Crippen MR) is 124 cm³/mol. The van der Waals surface area contributed by atoms with Crippen LogP contribution in [-0.2, 0) is 5.66 Å². The zero-order valence-corrected chi connectivity index (χ0v) is 19.2. The van der Waals surface area contributed by atoms with Gasteiger partial charge in [0, 0.05) is 21.2 Å². The van der Waals surface area contributed by atoms with Crippen molar-refractivity contribution < 1.29 is 22.7 Å². The van der Waals surface area contributed by atoms with Crippen molar-refractivity contribution in [3.8, 4) is 5.75 Å². The van der Waals surface area contributed by atoms with E-state index in [9.17, 15) is 4.79 Å². The molecule has 2 aliphatic rings. The lowest BCUT2D eigenvalue weighted by atomic mass is 9.95. The molecule has 0 bridgehead atoms. The van der Waals surface area contributed by atoms with Crippen LogP contribution in [0.25, 0.3) is 0 Å². The molecule has 1 N–H and O–H groups in total. The summed E-state index contributed by atoms with van der Waals surface area (Å²) in [6.07, 6.45) is -4.94. The van der Waals surface area contributed by atoms with E-state index in [4.69, 9.17) is 4.74 Å². The molecule has 3 aromatic carbocycles. The van der Waals surface area contributed by atoms with Crippen molar-refractivity contribution in [2.45, 2.75) is 11.8 Å². The number of methoxy groups -OCH3 is 1. The lowest BCUT2D eigenvalue weighted by Crippen LogP contribution is -2.69. The van der Waals surface area contributed by atoms with Crippen LogP contribution in [0.15, 0.2) is 87.3 Å². The Morgan fingerprint density at radius 3 is 2.26 bits per heavy atom. The number of rotatable bonds is 3. The van der Waals surface area contributed by atoms with E-state index >= 15 is 13.2 Å². The van der Waals surface area contributed by atoms with Gasteiger partial charge < -0.3 is 10.1 Å².